The topological polar surface area (TPSA) is 75.1 Å². The van der Waals surface area contributed by atoms with Crippen molar-refractivity contribution < 1.29 is 14.3 Å². The number of nitrogens with one attached hydrogen (secondary N) is 1. The monoisotopic (exact) mass is 291 g/mol. The van der Waals surface area contributed by atoms with E-state index in [9.17, 15) is 9.18 Å². The molecule has 0 saturated heterocycles. The van der Waals surface area contributed by atoms with Crippen LogP contribution in [0.5, 0.6) is 0 Å². The van der Waals surface area contributed by atoms with Gasteiger partial charge in [0.25, 0.3) is 5.91 Å². The van der Waals surface area contributed by atoms with Crippen LogP contribution in [0, 0.1) is 24.6 Å². The first-order valence-corrected chi connectivity index (χ1v) is 6.38. The maximum absolute atomic E-state index is 13.3. The number of carbonyl (C=O) groups is 1. The normalized spacial score (nSPS) is 9.75. The van der Waals surface area contributed by atoms with Crippen LogP contribution in [0.2, 0.25) is 0 Å². The minimum Gasteiger partial charge on any atom is -0.384 e. The average molecular weight is 291 g/mol. The third-order valence-electron chi connectivity index (χ3n) is 2.28. The molecule has 102 valence electrons. The van der Waals surface area contributed by atoms with E-state index < -0.39 is 11.7 Å². The molecule has 0 saturated carbocycles. The summed E-state index contributed by atoms with van der Waals surface area (Å²) >= 11 is 1.04. The van der Waals surface area contributed by atoms with Gasteiger partial charge in [-0.1, -0.05) is 11.8 Å². The molecule has 0 fully saturated rings. The summed E-state index contributed by atoms with van der Waals surface area (Å²) in [5, 5.41) is 11.5. The Morgan fingerprint density at radius 1 is 1.55 bits per heavy atom. The van der Waals surface area contributed by atoms with Crippen molar-refractivity contribution in [3.05, 3.63) is 41.0 Å². The molecule has 0 radical (unpaired) electrons. The molecule has 0 aliphatic carbocycles. The fourth-order valence-electron chi connectivity index (χ4n) is 1.46. The highest BCUT2D eigenvalue weighted by Crippen LogP contribution is 2.15. The lowest BCUT2D eigenvalue weighted by Gasteiger charge is -2.04. The van der Waals surface area contributed by atoms with Crippen LogP contribution in [0.3, 0.4) is 0 Å². The number of benzene rings is 1. The Bertz CT molecular complexity index is 703. The van der Waals surface area contributed by atoms with E-state index in [2.05, 4.69) is 26.5 Å². The Labute approximate surface area is 118 Å². The molecule has 0 unspecified atom stereocenters. The zero-order chi connectivity index (χ0) is 14.5. The Balaban J connectivity index is 2.30. The zero-order valence-electron chi connectivity index (χ0n) is 10.5. The Morgan fingerprint density at radius 3 is 3.00 bits per heavy atom. The molecule has 1 amide bonds. The Morgan fingerprint density at radius 2 is 2.35 bits per heavy atom. The fraction of sp³-hybridized carbons (Fsp3) is 0.154. The van der Waals surface area contributed by atoms with Crippen LogP contribution in [0.15, 0.2) is 18.2 Å². The lowest BCUT2D eigenvalue weighted by Crippen LogP contribution is -2.13. The van der Waals surface area contributed by atoms with Crippen molar-refractivity contribution in [1.29, 1.82) is 0 Å². The van der Waals surface area contributed by atoms with Crippen LogP contribution in [-0.2, 0) is 0 Å². The van der Waals surface area contributed by atoms with Crippen LogP contribution >= 0.6 is 11.5 Å². The number of aryl methyl sites for hydroxylation is 1. The molecule has 7 heteroatoms. The SMILES string of the molecule is Cc1nsc(NC(=O)c2cc(F)ccc2C#CCO)n1. The first-order valence-electron chi connectivity index (χ1n) is 5.61. The van der Waals surface area contributed by atoms with E-state index in [-0.39, 0.29) is 12.2 Å². The summed E-state index contributed by atoms with van der Waals surface area (Å²) < 4.78 is 17.2. The molecule has 0 bridgehead atoms. The second kappa shape index (κ2) is 6.23. The van der Waals surface area contributed by atoms with Crippen molar-refractivity contribution in [2.24, 2.45) is 0 Å². The quantitative estimate of drug-likeness (QED) is 0.824. The van der Waals surface area contributed by atoms with Gasteiger partial charge in [0.1, 0.15) is 18.2 Å². The predicted octanol–water partition coefficient (Wildman–Crippen LogP) is 1.58. The maximum atomic E-state index is 13.3. The van der Waals surface area contributed by atoms with Gasteiger partial charge in [-0.15, -0.1) is 0 Å². The second-order valence-corrected chi connectivity index (χ2v) is 4.50. The highest BCUT2D eigenvalue weighted by atomic mass is 32.1. The Hall–Kier alpha value is -2.30. The molecule has 2 N–H and O–H groups in total. The molecule has 0 spiro atoms. The molecule has 2 aromatic rings. The fourth-order valence-corrected chi connectivity index (χ4v) is 2.03. The van der Waals surface area contributed by atoms with Crippen LogP contribution in [0.4, 0.5) is 9.52 Å². The number of carbonyl (C=O) groups excluding carboxylic acids is 1. The number of aliphatic hydroxyl groups is 1. The van der Waals surface area contributed by atoms with Crippen molar-refractivity contribution in [2.45, 2.75) is 6.92 Å². The summed E-state index contributed by atoms with van der Waals surface area (Å²) in [6, 6.07) is 3.68. The molecule has 0 aliphatic rings. The van der Waals surface area contributed by atoms with Gasteiger partial charge in [0.05, 0.1) is 5.56 Å². The summed E-state index contributed by atoms with van der Waals surface area (Å²) in [4.78, 5) is 16.1. The first-order chi connectivity index (χ1) is 9.60. The molecular weight excluding hydrogens is 281 g/mol. The molecule has 0 aliphatic heterocycles. The standard InChI is InChI=1S/C13H10FN3O2S/c1-8-15-13(20-17-8)16-12(19)11-7-10(14)5-4-9(11)3-2-6-18/h4-5,7,18H,6H2,1H3,(H,15,16,17,19). The van der Waals surface area contributed by atoms with Crippen molar-refractivity contribution in [1.82, 2.24) is 9.36 Å². The smallest absolute Gasteiger partial charge is 0.258 e. The third-order valence-corrected chi connectivity index (χ3v) is 3.00. The number of anilines is 1. The van der Waals surface area contributed by atoms with Crippen molar-refractivity contribution >= 4 is 22.6 Å². The van der Waals surface area contributed by atoms with Crippen molar-refractivity contribution in [2.75, 3.05) is 11.9 Å². The molecule has 5 nitrogen and oxygen atoms in total. The number of aliphatic hydroxyl groups excluding tert-OH is 1. The van der Waals surface area contributed by atoms with E-state index >= 15 is 0 Å². The van der Waals surface area contributed by atoms with E-state index in [1.54, 1.807) is 6.92 Å². The number of nitrogens with zero attached hydrogens (tertiary/aromatic N) is 2. The lowest BCUT2D eigenvalue weighted by molar-refractivity contribution is 0.102. The predicted molar refractivity (Wildman–Crippen MR) is 73.0 cm³/mol. The van der Waals surface area contributed by atoms with Crippen LogP contribution in [-0.4, -0.2) is 27.0 Å². The van der Waals surface area contributed by atoms with Gasteiger partial charge in [-0.2, -0.15) is 4.37 Å². The summed E-state index contributed by atoms with van der Waals surface area (Å²) in [5.41, 5.74) is 0.415. The summed E-state index contributed by atoms with van der Waals surface area (Å²) in [6.45, 7) is 1.36. The van der Waals surface area contributed by atoms with Gasteiger partial charge in [-0.25, -0.2) is 9.37 Å². The summed E-state index contributed by atoms with van der Waals surface area (Å²) in [6.07, 6.45) is 0. The highest BCUT2D eigenvalue weighted by molar-refractivity contribution is 7.09. The van der Waals surface area contributed by atoms with Gasteiger partial charge in [-0.3, -0.25) is 10.1 Å². The van der Waals surface area contributed by atoms with Gasteiger partial charge in [0, 0.05) is 17.1 Å². The van der Waals surface area contributed by atoms with Gasteiger partial charge >= 0.3 is 0 Å². The molecule has 1 heterocycles. The number of rotatable bonds is 2. The first kappa shape index (κ1) is 14.1. The van der Waals surface area contributed by atoms with Gasteiger partial charge < -0.3 is 5.11 Å². The summed E-state index contributed by atoms with van der Waals surface area (Å²) in [5.74, 6) is 4.50. The maximum Gasteiger partial charge on any atom is 0.258 e. The number of hydrogen-bond acceptors (Lipinski definition) is 5. The number of amides is 1. The molecule has 1 aromatic carbocycles. The van der Waals surface area contributed by atoms with Crippen LogP contribution in [0.25, 0.3) is 0 Å². The average Bonchev–Trinajstić information content (AvgIpc) is 2.82. The minimum absolute atomic E-state index is 0.0822. The summed E-state index contributed by atoms with van der Waals surface area (Å²) in [7, 11) is 0. The molecule has 0 atom stereocenters. The van der Waals surface area contributed by atoms with Crippen molar-refractivity contribution in [3.63, 3.8) is 0 Å². The van der Waals surface area contributed by atoms with E-state index in [4.69, 9.17) is 5.11 Å². The number of hydrogen-bond donors (Lipinski definition) is 2. The van der Waals surface area contributed by atoms with Crippen molar-refractivity contribution in [3.8, 4) is 11.8 Å². The van der Waals surface area contributed by atoms with Gasteiger partial charge in [-0.05, 0) is 25.1 Å². The van der Waals surface area contributed by atoms with E-state index in [0.717, 1.165) is 17.6 Å². The zero-order valence-corrected chi connectivity index (χ0v) is 11.3. The van der Waals surface area contributed by atoms with E-state index in [1.165, 1.54) is 12.1 Å². The molecular formula is C13H10FN3O2S. The number of halogens is 1. The number of aromatic nitrogens is 2. The van der Waals surface area contributed by atoms with Crippen LogP contribution in [0.1, 0.15) is 21.7 Å². The van der Waals surface area contributed by atoms with E-state index in [0.29, 0.717) is 16.5 Å². The van der Waals surface area contributed by atoms with Gasteiger partial charge in [0.15, 0.2) is 0 Å². The Kier molecular flexibility index (Phi) is 4.40. The lowest BCUT2D eigenvalue weighted by atomic mass is 10.1. The molecule has 1 aromatic heterocycles. The minimum atomic E-state index is -0.543. The van der Waals surface area contributed by atoms with E-state index in [1.807, 2.05) is 0 Å². The second-order valence-electron chi connectivity index (χ2n) is 3.75. The highest BCUT2D eigenvalue weighted by Gasteiger charge is 2.13. The molecule has 2 rings (SSSR count). The third kappa shape index (κ3) is 3.38. The largest absolute Gasteiger partial charge is 0.384 e. The van der Waals surface area contributed by atoms with Gasteiger partial charge in [0.2, 0.25) is 5.13 Å². The molecule has 20 heavy (non-hydrogen) atoms. The van der Waals surface area contributed by atoms with Crippen LogP contribution < -0.4 is 5.32 Å².